The van der Waals surface area contributed by atoms with Crippen LogP contribution < -0.4 is 5.32 Å². The topological polar surface area (TPSA) is 68.8 Å². The van der Waals surface area contributed by atoms with Crippen molar-refractivity contribution in [3.8, 4) is 0 Å². The van der Waals surface area contributed by atoms with E-state index < -0.39 is 0 Å². The molecule has 1 N–H and O–H groups in total. The third-order valence-corrected chi connectivity index (χ3v) is 8.27. The highest BCUT2D eigenvalue weighted by Crippen LogP contribution is 2.36. The molecule has 2 aliphatic heterocycles. The van der Waals surface area contributed by atoms with Gasteiger partial charge < -0.3 is 10.2 Å². The number of likely N-dealkylation sites (tertiary alicyclic amines) is 1. The molecule has 184 valence electrons. The quantitative estimate of drug-likeness (QED) is 0.568. The number of nitrogens with one attached hydrogen (secondary N) is 1. The number of nitrogens with zero attached hydrogens (tertiary/aromatic N) is 4. The fraction of sp³-hybridized carbons (Fsp3) is 0.444. The Bertz CT molecular complexity index is 1160. The standard InChI is InChI=1S/C27H33N5O2S/c1-19-7-5-8-20(2)26(19)29-24(33)17-30-13-15-31(16-14-30)25(34)18-32-12-6-10-22(32)27-28-21-9-3-4-11-23(21)35-27/h3-5,7-9,11,22H,6,10,12-18H2,1-2H3,(H,29,33). The molecular weight excluding hydrogens is 458 g/mol. The van der Waals surface area contributed by atoms with Crippen LogP contribution in [0.3, 0.4) is 0 Å². The van der Waals surface area contributed by atoms with Crippen LogP contribution in [0.2, 0.25) is 0 Å². The maximum absolute atomic E-state index is 13.1. The minimum Gasteiger partial charge on any atom is -0.339 e. The van der Waals surface area contributed by atoms with Crippen molar-refractivity contribution in [2.75, 3.05) is 51.1 Å². The van der Waals surface area contributed by atoms with Crippen molar-refractivity contribution in [1.82, 2.24) is 19.7 Å². The Morgan fingerprint density at radius 2 is 1.71 bits per heavy atom. The molecule has 1 unspecified atom stereocenters. The number of aryl methyl sites for hydroxylation is 2. The van der Waals surface area contributed by atoms with Crippen molar-refractivity contribution in [2.45, 2.75) is 32.7 Å². The largest absolute Gasteiger partial charge is 0.339 e. The maximum Gasteiger partial charge on any atom is 0.238 e. The van der Waals surface area contributed by atoms with Crippen LogP contribution in [-0.2, 0) is 9.59 Å². The SMILES string of the molecule is Cc1cccc(C)c1NC(=O)CN1CCN(C(=O)CN2CCCC2c2nc3ccccc3s2)CC1. The lowest BCUT2D eigenvalue weighted by molar-refractivity contribution is -0.134. The van der Waals surface area contributed by atoms with E-state index in [0.29, 0.717) is 39.3 Å². The van der Waals surface area contributed by atoms with E-state index in [1.807, 2.05) is 49.1 Å². The summed E-state index contributed by atoms with van der Waals surface area (Å²) in [5, 5.41) is 4.19. The zero-order valence-corrected chi connectivity index (χ0v) is 21.3. The summed E-state index contributed by atoms with van der Waals surface area (Å²) in [6.07, 6.45) is 2.15. The van der Waals surface area contributed by atoms with Gasteiger partial charge in [-0.25, -0.2) is 4.98 Å². The number of para-hydroxylation sites is 2. The minimum atomic E-state index is -0.00193. The minimum absolute atomic E-state index is 0.00193. The van der Waals surface area contributed by atoms with E-state index in [0.717, 1.165) is 46.7 Å². The van der Waals surface area contributed by atoms with Crippen LogP contribution in [0.1, 0.15) is 35.0 Å². The van der Waals surface area contributed by atoms with Gasteiger partial charge in [0.05, 0.1) is 29.3 Å². The van der Waals surface area contributed by atoms with Gasteiger partial charge in [-0.15, -0.1) is 11.3 Å². The van der Waals surface area contributed by atoms with Crippen LogP contribution in [0.25, 0.3) is 10.2 Å². The molecule has 2 aromatic carbocycles. The fourth-order valence-electron chi connectivity index (χ4n) is 5.15. The van der Waals surface area contributed by atoms with Gasteiger partial charge >= 0.3 is 0 Å². The number of hydrogen-bond acceptors (Lipinski definition) is 6. The Morgan fingerprint density at radius 1 is 0.971 bits per heavy atom. The molecule has 2 saturated heterocycles. The first-order chi connectivity index (χ1) is 17.0. The zero-order chi connectivity index (χ0) is 24.4. The summed E-state index contributed by atoms with van der Waals surface area (Å²) >= 11 is 1.75. The summed E-state index contributed by atoms with van der Waals surface area (Å²) in [6, 6.07) is 14.5. The van der Waals surface area contributed by atoms with Crippen LogP contribution in [0.15, 0.2) is 42.5 Å². The van der Waals surface area contributed by atoms with E-state index in [1.165, 1.54) is 4.70 Å². The third-order valence-electron chi connectivity index (χ3n) is 7.14. The van der Waals surface area contributed by atoms with Gasteiger partial charge in [-0.05, 0) is 56.5 Å². The normalized spacial score (nSPS) is 19.4. The summed E-state index contributed by atoms with van der Waals surface area (Å²) in [6.45, 7) is 8.49. The number of carbonyl (C=O) groups is 2. The van der Waals surface area contributed by atoms with Gasteiger partial charge in [-0.1, -0.05) is 30.3 Å². The molecule has 35 heavy (non-hydrogen) atoms. The van der Waals surface area contributed by atoms with Gasteiger partial charge in [0, 0.05) is 31.9 Å². The summed E-state index contributed by atoms with van der Waals surface area (Å²) < 4.78 is 1.21. The highest BCUT2D eigenvalue weighted by atomic mass is 32.1. The molecule has 2 fully saturated rings. The van der Waals surface area contributed by atoms with Gasteiger partial charge in [0.25, 0.3) is 0 Å². The van der Waals surface area contributed by atoms with E-state index in [2.05, 4.69) is 27.2 Å². The molecule has 2 amide bonds. The zero-order valence-electron chi connectivity index (χ0n) is 20.5. The molecule has 3 heterocycles. The predicted octanol–water partition coefficient (Wildman–Crippen LogP) is 3.83. The summed E-state index contributed by atoms with van der Waals surface area (Å²) in [7, 11) is 0. The van der Waals surface area contributed by atoms with E-state index >= 15 is 0 Å². The van der Waals surface area contributed by atoms with Gasteiger partial charge in [-0.3, -0.25) is 19.4 Å². The molecule has 0 aliphatic carbocycles. The number of fused-ring (bicyclic) bond motifs is 1. The predicted molar refractivity (Wildman–Crippen MR) is 141 cm³/mol. The highest BCUT2D eigenvalue weighted by Gasteiger charge is 2.32. The molecule has 0 spiro atoms. The number of thiazole rings is 1. The summed E-state index contributed by atoms with van der Waals surface area (Å²) in [5.74, 6) is 0.176. The molecule has 1 aromatic heterocycles. The van der Waals surface area contributed by atoms with Crippen molar-refractivity contribution >= 4 is 39.1 Å². The number of amides is 2. The first-order valence-electron chi connectivity index (χ1n) is 12.4. The van der Waals surface area contributed by atoms with Crippen molar-refractivity contribution in [3.63, 3.8) is 0 Å². The molecule has 2 aliphatic rings. The fourth-order valence-corrected chi connectivity index (χ4v) is 6.29. The third kappa shape index (κ3) is 5.39. The number of anilines is 1. The van der Waals surface area contributed by atoms with Crippen LogP contribution in [0.5, 0.6) is 0 Å². The van der Waals surface area contributed by atoms with Crippen LogP contribution >= 0.6 is 11.3 Å². The molecule has 5 rings (SSSR count). The molecule has 8 heteroatoms. The molecule has 7 nitrogen and oxygen atoms in total. The average molecular weight is 492 g/mol. The van der Waals surface area contributed by atoms with E-state index in [1.54, 1.807) is 11.3 Å². The second-order valence-electron chi connectivity index (χ2n) is 9.62. The Kier molecular flexibility index (Phi) is 7.13. The molecule has 0 saturated carbocycles. The Morgan fingerprint density at radius 3 is 2.46 bits per heavy atom. The van der Waals surface area contributed by atoms with Gasteiger partial charge in [-0.2, -0.15) is 0 Å². The molecule has 0 radical (unpaired) electrons. The Labute approximate surface area is 210 Å². The van der Waals surface area contributed by atoms with Crippen molar-refractivity contribution < 1.29 is 9.59 Å². The Hall–Kier alpha value is -2.81. The summed E-state index contributed by atoms with van der Waals surface area (Å²) in [5.41, 5.74) is 4.09. The number of hydrogen-bond donors (Lipinski definition) is 1. The monoisotopic (exact) mass is 491 g/mol. The number of benzene rings is 2. The van der Waals surface area contributed by atoms with Crippen molar-refractivity contribution in [2.24, 2.45) is 0 Å². The van der Waals surface area contributed by atoms with E-state index in [9.17, 15) is 9.59 Å². The van der Waals surface area contributed by atoms with Gasteiger partial charge in [0.1, 0.15) is 5.01 Å². The first-order valence-corrected chi connectivity index (χ1v) is 13.3. The smallest absolute Gasteiger partial charge is 0.238 e. The van der Waals surface area contributed by atoms with Crippen LogP contribution in [0.4, 0.5) is 5.69 Å². The lowest BCUT2D eigenvalue weighted by atomic mass is 10.1. The number of aromatic nitrogens is 1. The number of piperazine rings is 1. The molecule has 1 atom stereocenters. The molecule has 3 aromatic rings. The second kappa shape index (κ2) is 10.4. The average Bonchev–Trinajstić information content (AvgIpc) is 3.48. The first kappa shape index (κ1) is 23.9. The van der Waals surface area contributed by atoms with Crippen LogP contribution in [0, 0.1) is 13.8 Å². The van der Waals surface area contributed by atoms with Crippen LogP contribution in [-0.4, -0.2) is 77.3 Å². The number of rotatable bonds is 6. The lowest BCUT2D eigenvalue weighted by Crippen LogP contribution is -2.52. The van der Waals surface area contributed by atoms with E-state index in [-0.39, 0.29) is 17.9 Å². The Balaban J connectivity index is 1.12. The number of carbonyl (C=O) groups excluding carboxylic acids is 2. The second-order valence-corrected chi connectivity index (χ2v) is 10.7. The van der Waals surface area contributed by atoms with Crippen molar-refractivity contribution in [1.29, 1.82) is 0 Å². The molecular formula is C27H33N5O2S. The van der Waals surface area contributed by atoms with Gasteiger partial charge in [0.15, 0.2) is 0 Å². The molecule has 0 bridgehead atoms. The van der Waals surface area contributed by atoms with Crippen molar-refractivity contribution in [3.05, 3.63) is 58.6 Å². The maximum atomic E-state index is 13.1. The highest BCUT2D eigenvalue weighted by molar-refractivity contribution is 7.18. The summed E-state index contributed by atoms with van der Waals surface area (Å²) in [4.78, 5) is 37.0. The lowest BCUT2D eigenvalue weighted by Gasteiger charge is -2.35. The van der Waals surface area contributed by atoms with E-state index in [4.69, 9.17) is 4.98 Å². The van der Waals surface area contributed by atoms with Gasteiger partial charge in [0.2, 0.25) is 11.8 Å².